The number of carbonyl (C=O) groups excluding carboxylic acids is 1. The lowest BCUT2D eigenvalue weighted by atomic mass is 9.84. The van der Waals surface area contributed by atoms with Gasteiger partial charge in [0.25, 0.3) is 0 Å². The molecule has 2 fully saturated rings. The van der Waals surface area contributed by atoms with Crippen molar-refractivity contribution in [3.05, 3.63) is 0 Å². The van der Waals surface area contributed by atoms with E-state index in [0.29, 0.717) is 5.92 Å². The molecule has 0 aliphatic carbocycles. The standard InChI is InChI=1S/C13H25N3O2/c1-18-13(17)12(11-2-4-14-5-3-11)10-16-8-6-15-7-9-16/h11-12,14-15H,2-10H2,1H3. The fraction of sp³-hybridized carbons (Fsp3) is 0.923. The summed E-state index contributed by atoms with van der Waals surface area (Å²) in [6.07, 6.45) is 2.18. The SMILES string of the molecule is COC(=O)C(CN1CCNCC1)C1CCNCC1. The van der Waals surface area contributed by atoms with Crippen LogP contribution in [0.1, 0.15) is 12.8 Å². The van der Waals surface area contributed by atoms with Crippen LogP contribution in [0, 0.1) is 11.8 Å². The summed E-state index contributed by atoms with van der Waals surface area (Å²) < 4.78 is 5.01. The van der Waals surface area contributed by atoms with Gasteiger partial charge in [0, 0.05) is 32.7 Å². The molecule has 2 N–H and O–H groups in total. The first-order valence-electron chi connectivity index (χ1n) is 7.03. The number of rotatable bonds is 4. The Kier molecular flexibility index (Phi) is 5.41. The molecule has 2 aliphatic heterocycles. The van der Waals surface area contributed by atoms with Crippen molar-refractivity contribution in [3.63, 3.8) is 0 Å². The van der Waals surface area contributed by atoms with Crippen molar-refractivity contribution < 1.29 is 9.53 Å². The number of hydrogen-bond donors (Lipinski definition) is 2. The highest BCUT2D eigenvalue weighted by atomic mass is 16.5. The molecule has 0 aromatic heterocycles. The second kappa shape index (κ2) is 7.07. The first-order chi connectivity index (χ1) is 8.81. The van der Waals surface area contributed by atoms with Gasteiger partial charge in [0.05, 0.1) is 13.0 Å². The molecule has 0 amide bonds. The van der Waals surface area contributed by atoms with Crippen molar-refractivity contribution in [1.82, 2.24) is 15.5 Å². The molecule has 0 saturated carbocycles. The first-order valence-corrected chi connectivity index (χ1v) is 7.03. The Morgan fingerprint density at radius 2 is 1.83 bits per heavy atom. The molecule has 0 aromatic carbocycles. The van der Waals surface area contributed by atoms with Gasteiger partial charge in [-0.3, -0.25) is 9.69 Å². The van der Waals surface area contributed by atoms with E-state index in [-0.39, 0.29) is 11.9 Å². The summed E-state index contributed by atoms with van der Waals surface area (Å²) >= 11 is 0. The molecule has 2 heterocycles. The highest BCUT2D eigenvalue weighted by Gasteiger charge is 2.32. The van der Waals surface area contributed by atoms with Crippen LogP contribution in [0.4, 0.5) is 0 Å². The zero-order valence-corrected chi connectivity index (χ0v) is 11.3. The van der Waals surface area contributed by atoms with Crippen LogP contribution in [-0.2, 0) is 9.53 Å². The Bertz CT molecular complexity index is 261. The van der Waals surface area contributed by atoms with E-state index in [0.717, 1.165) is 58.7 Å². The number of hydrogen-bond acceptors (Lipinski definition) is 5. The van der Waals surface area contributed by atoms with Crippen molar-refractivity contribution >= 4 is 5.97 Å². The van der Waals surface area contributed by atoms with Gasteiger partial charge in [-0.25, -0.2) is 0 Å². The average Bonchev–Trinajstić information content (AvgIpc) is 2.46. The highest BCUT2D eigenvalue weighted by Crippen LogP contribution is 2.24. The van der Waals surface area contributed by atoms with E-state index in [1.807, 2.05) is 0 Å². The highest BCUT2D eigenvalue weighted by molar-refractivity contribution is 5.73. The lowest BCUT2D eigenvalue weighted by Crippen LogP contribution is -2.48. The maximum atomic E-state index is 12.0. The van der Waals surface area contributed by atoms with E-state index in [2.05, 4.69) is 15.5 Å². The van der Waals surface area contributed by atoms with Crippen LogP contribution < -0.4 is 10.6 Å². The second-order valence-electron chi connectivity index (χ2n) is 5.27. The number of ether oxygens (including phenoxy) is 1. The quantitative estimate of drug-likeness (QED) is 0.674. The Hall–Kier alpha value is -0.650. The molecule has 5 nitrogen and oxygen atoms in total. The number of nitrogens with one attached hydrogen (secondary N) is 2. The monoisotopic (exact) mass is 255 g/mol. The summed E-state index contributed by atoms with van der Waals surface area (Å²) in [5.41, 5.74) is 0. The average molecular weight is 255 g/mol. The third-order valence-corrected chi connectivity index (χ3v) is 4.12. The van der Waals surface area contributed by atoms with Crippen LogP contribution in [0.15, 0.2) is 0 Å². The van der Waals surface area contributed by atoms with E-state index in [1.165, 1.54) is 7.11 Å². The predicted octanol–water partition coefficient (Wildman–Crippen LogP) is -0.320. The van der Waals surface area contributed by atoms with E-state index in [9.17, 15) is 4.79 Å². The van der Waals surface area contributed by atoms with Gasteiger partial charge in [-0.05, 0) is 31.8 Å². The molecule has 0 bridgehead atoms. The fourth-order valence-electron chi connectivity index (χ4n) is 2.99. The van der Waals surface area contributed by atoms with Crippen LogP contribution >= 0.6 is 0 Å². The van der Waals surface area contributed by atoms with Crippen LogP contribution in [0.5, 0.6) is 0 Å². The van der Waals surface area contributed by atoms with Gasteiger partial charge in [-0.15, -0.1) is 0 Å². The molecule has 104 valence electrons. The molecule has 0 aromatic rings. The molecule has 1 unspecified atom stereocenters. The largest absolute Gasteiger partial charge is 0.469 e. The molecule has 2 rings (SSSR count). The third-order valence-electron chi connectivity index (χ3n) is 4.12. The fourth-order valence-corrected chi connectivity index (χ4v) is 2.99. The zero-order valence-electron chi connectivity index (χ0n) is 11.3. The van der Waals surface area contributed by atoms with Crippen LogP contribution in [0.25, 0.3) is 0 Å². The molecule has 1 atom stereocenters. The molecule has 0 spiro atoms. The minimum Gasteiger partial charge on any atom is -0.469 e. The van der Waals surface area contributed by atoms with Gasteiger partial charge >= 0.3 is 5.97 Å². The van der Waals surface area contributed by atoms with Crippen molar-refractivity contribution in [1.29, 1.82) is 0 Å². The minimum absolute atomic E-state index is 0.0274. The molecule has 2 saturated heterocycles. The maximum Gasteiger partial charge on any atom is 0.310 e. The molecule has 2 aliphatic rings. The normalized spacial score (nSPS) is 24.7. The number of carbonyl (C=O) groups is 1. The number of esters is 1. The molecule has 0 radical (unpaired) electrons. The van der Waals surface area contributed by atoms with E-state index >= 15 is 0 Å². The van der Waals surface area contributed by atoms with Gasteiger partial charge in [-0.2, -0.15) is 0 Å². The summed E-state index contributed by atoms with van der Waals surface area (Å²) in [4.78, 5) is 14.4. The first kappa shape index (κ1) is 13.8. The van der Waals surface area contributed by atoms with Gasteiger partial charge in [-0.1, -0.05) is 0 Å². The number of piperazine rings is 1. The number of piperidine rings is 1. The topological polar surface area (TPSA) is 53.6 Å². The van der Waals surface area contributed by atoms with Crippen LogP contribution in [0.2, 0.25) is 0 Å². The molecule has 5 heteroatoms. The third kappa shape index (κ3) is 3.67. The summed E-state index contributed by atoms with van der Waals surface area (Å²) in [5.74, 6) is 0.504. The maximum absolute atomic E-state index is 12.0. The van der Waals surface area contributed by atoms with E-state index in [1.54, 1.807) is 0 Å². The minimum atomic E-state index is -0.0274. The summed E-state index contributed by atoms with van der Waals surface area (Å²) in [5, 5.41) is 6.70. The summed E-state index contributed by atoms with van der Waals surface area (Å²) in [6, 6.07) is 0. The Morgan fingerprint density at radius 3 is 2.44 bits per heavy atom. The van der Waals surface area contributed by atoms with Crippen molar-refractivity contribution in [2.75, 3.05) is 52.9 Å². The lowest BCUT2D eigenvalue weighted by molar-refractivity contribution is -0.148. The molecule has 18 heavy (non-hydrogen) atoms. The van der Waals surface area contributed by atoms with Gasteiger partial charge in [0.1, 0.15) is 0 Å². The van der Waals surface area contributed by atoms with E-state index in [4.69, 9.17) is 4.74 Å². The lowest BCUT2D eigenvalue weighted by Gasteiger charge is -2.34. The van der Waals surface area contributed by atoms with Crippen molar-refractivity contribution in [2.45, 2.75) is 12.8 Å². The smallest absolute Gasteiger partial charge is 0.310 e. The second-order valence-corrected chi connectivity index (χ2v) is 5.27. The van der Waals surface area contributed by atoms with Gasteiger partial charge in [0.2, 0.25) is 0 Å². The summed E-state index contributed by atoms with van der Waals surface area (Å²) in [6.45, 7) is 7.05. The number of nitrogens with zero attached hydrogens (tertiary/aromatic N) is 1. The Balaban J connectivity index is 1.92. The molecular weight excluding hydrogens is 230 g/mol. The van der Waals surface area contributed by atoms with Crippen LogP contribution in [-0.4, -0.2) is 63.8 Å². The van der Waals surface area contributed by atoms with Crippen molar-refractivity contribution in [2.24, 2.45) is 11.8 Å². The van der Waals surface area contributed by atoms with Crippen molar-refractivity contribution in [3.8, 4) is 0 Å². The van der Waals surface area contributed by atoms with Gasteiger partial charge < -0.3 is 15.4 Å². The van der Waals surface area contributed by atoms with E-state index < -0.39 is 0 Å². The summed E-state index contributed by atoms with van der Waals surface area (Å²) in [7, 11) is 1.51. The van der Waals surface area contributed by atoms with Gasteiger partial charge in [0.15, 0.2) is 0 Å². The number of methoxy groups -OCH3 is 1. The zero-order chi connectivity index (χ0) is 12.8. The van der Waals surface area contributed by atoms with Crippen LogP contribution in [0.3, 0.4) is 0 Å². The molecular formula is C13H25N3O2. The Morgan fingerprint density at radius 1 is 1.22 bits per heavy atom. The predicted molar refractivity (Wildman–Crippen MR) is 70.4 cm³/mol. The Labute approximate surface area is 109 Å².